The van der Waals surface area contributed by atoms with Gasteiger partial charge in [-0.25, -0.2) is 4.39 Å². The molecule has 0 saturated carbocycles. The molecule has 1 atom stereocenters. The highest BCUT2D eigenvalue weighted by Gasteiger charge is 2.07. The summed E-state index contributed by atoms with van der Waals surface area (Å²) in [5, 5.41) is 3.25. The van der Waals surface area contributed by atoms with Gasteiger partial charge in [-0.1, -0.05) is 18.2 Å². The Morgan fingerprint density at radius 1 is 1.29 bits per heavy atom. The third kappa shape index (κ3) is 4.49. The highest BCUT2D eigenvalue weighted by molar-refractivity contribution is 5.75. The van der Waals surface area contributed by atoms with Crippen molar-refractivity contribution in [2.75, 3.05) is 11.9 Å². The summed E-state index contributed by atoms with van der Waals surface area (Å²) >= 11 is 0. The Labute approximate surface area is 122 Å². The number of ether oxygens (including phenoxy) is 1. The van der Waals surface area contributed by atoms with Gasteiger partial charge in [-0.3, -0.25) is 4.79 Å². The molecule has 0 saturated heterocycles. The van der Waals surface area contributed by atoms with E-state index in [1.54, 1.807) is 24.3 Å². The summed E-state index contributed by atoms with van der Waals surface area (Å²) in [7, 11) is 0. The molecule has 4 nitrogen and oxygen atoms in total. The lowest BCUT2D eigenvalue weighted by molar-refractivity contribution is -0.119. The minimum absolute atomic E-state index is 0.0629. The van der Waals surface area contributed by atoms with Crippen LogP contribution < -0.4 is 15.8 Å². The Morgan fingerprint density at radius 3 is 2.76 bits per heavy atom. The number of primary amides is 1. The van der Waals surface area contributed by atoms with Crippen molar-refractivity contribution >= 4 is 11.6 Å². The van der Waals surface area contributed by atoms with Crippen LogP contribution in [0.25, 0.3) is 0 Å². The van der Waals surface area contributed by atoms with Crippen molar-refractivity contribution in [1.82, 2.24) is 0 Å². The number of halogens is 1. The molecular weight excluding hydrogens is 271 g/mol. The number of carbonyl (C=O) groups is 1. The first-order valence-electron chi connectivity index (χ1n) is 6.58. The summed E-state index contributed by atoms with van der Waals surface area (Å²) < 4.78 is 18.5. The van der Waals surface area contributed by atoms with Crippen LogP contribution in [0.5, 0.6) is 5.75 Å². The SMILES string of the molecule is CC(Nc1cccc(OCC(N)=O)c1)c1cccc(F)c1. The van der Waals surface area contributed by atoms with Gasteiger partial charge in [0.25, 0.3) is 5.91 Å². The number of benzene rings is 2. The van der Waals surface area contributed by atoms with E-state index >= 15 is 0 Å². The van der Waals surface area contributed by atoms with Gasteiger partial charge in [0.2, 0.25) is 0 Å². The molecule has 0 aliphatic heterocycles. The summed E-state index contributed by atoms with van der Waals surface area (Å²) in [5.74, 6) is -0.244. The zero-order valence-corrected chi connectivity index (χ0v) is 11.7. The van der Waals surface area contributed by atoms with Crippen molar-refractivity contribution in [2.24, 2.45) is 5.73 Å². The van der Waals surface area contributed by atoms with Crippen molar-refractivity contribution in [3.63, 3.8) is 0 Å². The minimum Gasteiger partial charge on any atom is -0.484 e. The smallest absolute Gasteiger partial charge is 0.255 e. The predicted molar refractivity (Wildman–Crippen MR) is 79.6 cm³/mol. The molecule has 2 rings (SSSR count). The average Bonchev–Trinajstić information content (AvgIpc) is 2.45. The van der Waals surface area contributed by atoms with Crippen LogP contribution >= 0.6 is 0 Å². The lowest BCUT2D eigenvalue weighted by Crippen LogP contribution is -2.20. The molecule has 5 heteroatoms. The number of amides is 1. The highest BCUT2D eigenvalue weighted by atomic mass is 19.1. The van der Waals surface area contributed by atoms with Crippen LogP contribution in [0.15, 0.2) is 48.5 Å². The topological polar surface area (TPSA) is 64.3 Å². The fraction of sp³-hybridized carbons (Fsp3) is 0.188. The normalized spacial score (nSPS) is 11.7. The zero-order chi connectivity index (χ0) is 15.2. The van der Waals surface area contributed by atoms with Crippen molar-refractivity contribution < 1.29 is 13.9 Å². The molecule has 0 spiro atoms. The third-order valence-corrected chi connectivity index (χ3v) is 2.95. The molecule has 1 amide bonds. The van der Waals surface area contributed by atoms with Gasteiger partial charge in [-0.05, 0) is 36.8 Å². The molecule has 0 bridgehead atoms. The molecule has 21 heavy (non-hydrogen) atoms. The van der Waals surface area contributed by atoms with Crippen LogP contribution in [0.1, 0.15) is 18.5 Å². The van der Waals surface area contributed by atoms with Gasteiger partial charge >= 0.3 is 0 Å². The molecule has 2 aromatic rings. The number of carbonyl (C=O) groups excluding carboxylic acids is 1. The standard InChI is InChI=1S/C16H17FN2O2/c1-11(12-4-2-5-13(17)8-12)19-14-6-3-7-15(9-14)21-10-16(18)20/h2-9,11,19H,10H2,1H3,(H2,18,20). The van der Waals surface area contributed by atoms with Gasteiger partial charge in [0, 0.05) is 17.8 Å². The van der Waals surface area contributed by atoms with E-state index in [1.807, 2.05) is 19.1 Å². The molecular formula is C16H17FN2O2. The van der Waals surface area contributed by atoms with Crippen molar-refractivity contribution in [3.8, 4) is 5.75 Å². The van der Waals surface area contributed by atoms with E-state index in [4.69, 9.17) is 10.5 Å². The van der Waals surface area contributed by atoms with Crippen LogP contribution in [0, 0.1) is 5.82 Å². The third-order valence-electron chi connectivity index (χ3n) is 2.95. The first-order chi connectivity index (χ1) is 10.0. The van der Waals surface area contributed by atoms with Gasteiger partial charge < -0.3 is 15.8 Å². The van der Waals surface area contributed by atoms with Crippen molar-refractivity contribution in [1.29, 1.82) is 0 Å². The molecule has 0 aliphatic rings. The number of nitrogens with two attached hydrogens (primary N) is 1. The fourth-order valence-electron chi connectivity index (χ4n) is 1.94. The largest absolute Gasteiger partial charge is 0.484 e. The van der Waals surface area contributed by atoms with E-state index < -0.39 is 5.91 Å². The Kier molecular flexibility index (Phi) is 4.77. The van der Waals surface area contributed by atoms with Crippen LogP contribution in [-0.4, -0.2) is 12.5 Å². The molecule has 3 N–H and O–H groups in total. The van der Waals surface area contributed by atoms with Gasteiger partial charge in [-0.2, -0.15) is 0 Å². The predicted octanol–water partition coefficient (Wildman–Crippen LogP) is 2.86. The fourth-order valence-corrected chi connectivity index (χ4v) is 1.94. The summed E-state index contributed by atoms with van der Waals surface area (Å²) in [6, 6.07) is 13.5. The monoisotopic (exact) mass is 288 g/mol. The summed E-state index contributed by atoms with van der Waals surface area (Å²) in [6.45, 7) is 1.77. The van der Waals surface area contributed by atoms with Crippen LogP contribution in [0.2, 0.25) is 0 Å². The van der Waals surface area contributed by atoms with Gasteiger partial charge in [0.1, 0.15) is 11.6 Å². The van der Waals surface area contributed by atoms with E-state index in [1.165, 1.54) is 12.1 Å². The van der Waals surface area contributed by atoms with Crippen LogP contribution in [0.4, 0.5) is 10.1 Å². The Hall–Kier alpha value is -2.56. The summed E-state index contributed by atoms with van der Waals surface area (Å²) in [5.41, 5.74) is 6.69. The molecule has 0 radical (unpaired) electrons. The molecule has 2 aromatic carbocycles. The van der Waals surface area contributed by atoms with Crippen molar-refractivity contribution in [2.45, 2.75) is 13.0 Å². The quantitative estimate of drug-likeness (QED) is 0.859. The van der Waals surface area contributed by atoms with Crippen LogP contribution in [0.3, 0.4) is 0 Å². The zero-order valence-electron chi connectivity index (χ0n) is 11.7. The van der Waals surface area contributed by atoms with Crippen molar-refractivity contribution in [3.05, 3.63) is 59.9 Å². The van der Waals surface area contributed by atoms with E-state index in [9.17, 15) is 9.18 Å². The van der Waals surface area contributed by atoms with E-state index in [-0.39, 0.29) is 18.5 Å². The number of hydrogen-bond acceptors (Lipinski definition) is 3. The molecule has 0 aromatic heterocycles. The Morgan fingerprint density at radius 2 is 2.05 bits per heavy atom. The maximum Gasteiger partial charge on any atom is 0.255 e. The van der Waals surface area contributed by atoms with Gasteiger partial charge in [0.05, 0.1) is 0 Å². The number of rotatable bonds is 6. The molecule has 110 valence electrons. The lowest BCUT2D eigenvalue weighted by Gasteiger charge is -2.16. The second-order valence-electron chi connectivity index (χ2n) is 4.70. The van der Waals surface area contributed by atoms with E-state index in [0.29, 0.717) is 5.75 Å². The molecule has 0 aliphatic carbocycles. The Balaban J connectivity index is 2.05. The summed E-state index contributed by atoms with van der Waals surface area (Å²) in [4.78, 5) is 10.7. The van der Waals surface area contributed by atoms with E-state index in [2.05, 4.69) is 5.32 Å². The number of hydrogen-bond donors (Lipinski definition) is 2. The second-order valence-corrected chi connectivity index (χ2v) is 4.70. The molecule has 0 fully saturated rings. The second kappa shape index (κ2) is 6.74. The molecule has 0 heterocycles. The van der Waals surface area contributed by atoms with E-state index in [0.717, 1.165) is 11.3 Å². The maximum absolute atomic E-state index is 13.2. The minimum atomic E-state index is -0.526. The average molecular weight is 288 g/mol. The number of nitrogens with one attached hydrogen (secondary N) is 1. The summed E-state index contributed by atoms with van der Waals surface area (Å²) in [6.07, 6.45) is 0. The lowest BCUT2D eigenvalue weighted by atomic mass is 10.1. The highest BCUT2D eigenvalue weighted by Crippen LogP contribution is 2.23. The number of anilines is 1. The van der Waals surface area contributed by atoms with Crippen LogP contribution in [-0.2, 0) is 4.79 Å². The Bertz CT molecular complexity index is 631. The first-order valence-corrected chi connectivity index (χ1v) is 6.58. The van der Waals surface area contributed by atoms with Gasteiger partial charge in [0.15, 0.2) is 6.61 Å². The first kappa shape index (κ1) is 14.8. The molecule has 1 unspecified atom stereocenters. The maximum atomic E-state index is 13.2. The van der Waals surface area contributed by atoms with Gasteiger partial charge in [-0.15, -0.1) is 0 Å².